The van der Waals surface area contributed by atoms with Crippen molar-refractivity contribution in [2.24, 2.45) is 5.92 Å². The first-order valence-electron chi connectivity index (χ1n) is 5.92. The van der Waals surface area contributed by atoms with Crippen molar-refractivity contribution in [2.75, 3.05) is 11.9 Å². The molecule has 0 aliphatic rings. The van der Waals surface area contributed by atoms with Gasteiger partial charge in [0.25, 0.3) is 5.69 Å². The van der Waals surface area contributed by atoms with Gasteiger partial charge in [-0.05, 0) is 18.9 Å². The van der Waals surface area contributed by atoms with Gasteiger partial charge in [-0.2, -0.15) is 5.26 Å². The topological polar surface area (TPSA) is 99.2 Å². The number of nitriles is 1. The Morgan fingerprint density at radius 1 is 1.58 bits per heavy atom. The Balaban J connectivity index is 2.91. The van der Waals surface area contributed by atoms with Crippen LogP contribution in [0.3, 0.4) is 0 Å². The predicted octanol–water partition coefficient (Wildman–Crippen LogP) is 2.29. The maximum atomic E-state index is 10.6. The maximum absolute atomic E-state index is 10.6. The van der Waals surface area contributed by atoms with Gasteiger partial charge >= 0.3 is 0 Å². The van der Waals surface area contributed by atoms with E-state index in [0.717, 1.165) is 0 Å². The summed E-state index contributed by atoms with van der Waals surface area (Å²) in [4.78, 5) is 10.1. The Morgan fingerprint density at radius 2 is 2.21 bits per heavy atom. The van der Waals surface area contributed by atoms with Crippen LogP contribution in [0.15, 0.2) is 18.2 Å². The van der Waals surface area contributed by atoms with Crippen LogP contribution in [-0.4, -0.2) is 22.2 Å². The molecule has 0 amide bonds. The highest BCUT2D eigenvalue weighted by Crippen LogP contribution is 2.23. The van der Waals surface area contributed by atoms with Crippen molar-refractivity contribution in [3.8, 4) is 6.07 Å². The molecule has 0 heterocycles. The summed E-state index contributed by atoms with van der Waals surface area (Å²) in [6.07, 6.45) is 0. The second-order valence-corrected chi connectivity index (χ2v) is 4.96. The van der Waals surface area contributed by atoms with Crippen molar-refractivity contribution in [3.05, 3.63) is 33.9 Å². The van der Waals surface area contributed by atoms with Crippen molar-refractivity contribution in [1.29, 1.82) is 5.26 Å². The fourth-order valence-electron chi connectivity index (χ4n) is 1.37. The van der Waals surface area contributed by atoms with Crippen LogP contribution < -0.4 is 5.32 Å². The Hall–Kier alpha value is -2.13. The van der Waals surface area contributed by atoms with E-state index < -0.39 is 10.5 Å². The molecule has 0 spiro atoms. The van der Waals surface area contributed by atoms with E-state index >= 15 is 0 Å². The van der Waals surface area contributed by atoms with Crippen LogP contribution in [0.1, 0.15) is 26.3 Å². The van der Waals surface area contributed by atoms with Gasteiger partial charge < -0.3 is 10.4 Å². The summed E-state index contributed by atoms with van der Waals surface area (Å²) < 4.78 is 0. The SMILES string of the molecule is CC(C)C(C)(O)CNc1ccc([N+](=O)[O-])cc1C#N. The molecule has 0 saturated carbocycles. The fourth-order valence-corrected chi connectivity index (χ4v) is 1.37. The highest BCUT2D eigenvalue weighted by Gasteiger charge is 2.25. The molecule has 0 aliphatic carbocycles. The van der Waals surface area contributed by atoms with Crippen LogP contribution in [0.25, 0.3) is 0 Å². The van der Waals surface area contributed by atoms with Crippen molar-refractivity contribution >= 4 is 11.4 Å². The summed E-state index contributed by atoms with van der Waals surface area (Å²) in [5.41, 5.74) is -0.380. The number of nitro benzene ring substituents is 1. The smallest absolute Gasteiger partial charge is 0.270 e. The zero-order chi connectivity index (χ0) is 14.6. The molecule has 2 N–H and O–H groups in total. The van der Waals surface area contributed by atoms with Crippen LogP contribution >= 0.6 is 0 Å². The summed E-state index contributed by atoms with van der Waals surface area (Å²) in [7, 11) is 0. The van der Waals surface area contributed by atoms with E-state index in [4.69, 9.17) is 5.26 Å². The van der Waals surface area contributed by atoms with E-state index in [0.29, 0.717) is 5.69 Å². The number of aliphatic hydroxyl groups is 1. The van der Waals surface area contributed by atoms with Gasteiger partial charge in [0, 0.05) is 18.7 Å². The van der Waals surface area contributed by atoms with Crippen LogP contribution in [0.4, 0.5) is 11.4 Å². The number of non-ortho nitro benzene ring substituents is 1. The first-order chi connectivity index (χ1) is 8.77. The van der Waals surface area contributed by atoms with E-state index in [2.05, 4.69) is 5.32 Å². The molecular formula is C13H17N3O3. The minimum absolute atomic E-state index is 0.0450. The molecule has 1 aromatic carbocycles. The second-order valence-electron chi connectivity index (χ2n) is 4.96. The Labute approximate surface area is 111 Å². The van der Waals surface area contributed by atoms with Crippen molar-refractivity contribution in [2.45, 2.75) is 26.4 Å². The van der Waals surface area contributed by atoms with Crippen LogP contribution in [0.2, 0.25) is 0 Å². The van der Waals surface area contributed by atoms with E-state index in [1.165, 1.54) is 18.2 Å². The summed E-state index contributed by atoms with van der Waals surface area (Å²) in [5, 5.41) is 32.7. The molecule has 0 fully saturated rings. The number of nitrogens with zero attached hydrogens (tertiary/aromatic N) is 2. The number of nitrogens with one attached hydrogen (secondary N) is 1. The molecule has 0 bridgehead atoms. The molecule has 19 heavy (non-hydrogen) atoms. The average molecular weight is 263 g/mol. The molecular weight excluding hydrogens is 246 g/mol. The highest BCUT2D eigenvalue weighted by molar-refractivity contribution is 5.61. The number of benzene rings is 1. The molecule has 0 radical (unpaired) electrons. The Kier molecular flexibility index (Phi) is 4.46. The zero-order valence-electron chi connectivity index (χ0n) is 11.2. The summed E-state index contributed by atoms with van der Waals surface area (Å²) in [5.74, 6) is 0.0450. The zero-order valence-corrected chi connectivity index (χ0v) is 11.2. The fraction of sp³-hybridized carbons (Fsp3) is 0.462. The number of hydrogen-bond donors (Lipinski definition) is 2. The van der Waals surface area contributed by atoms with Gasteiger partial charge in [-0.1, -0.05) is 13.8 Å². The minimum Gasteiger partial charge on any atom is -0.388 e. The van der Waals surface area contributed by atoms with Gasteiger partial charge in [0.15, 0.2) is 0 Å². The maximum Gasteiger partial charge on any atom is 0.270 e. The van der Waals surface area contributed by atoms with Gasteiger partial charge in [0.1, 0.15) is 6.07 Å². The molecule has 1 atom stereocenters. The third-order valence-corrected chi connectivity index (χ3v) is 3.21. The highest BCUT2D eigenvalue weighted by atomic mass is 16.6. The lowest BCUT2D eigenvalue weighted by Gasteiger charge is -2.28. The Bertz CT molecular complexity index is 518. The molecule has 0 aliphatic heterocycles. The lowest BCUT2D eigenvalue weighted by atomic mass is 9.92. The first kappa shape index (κ1) is 14.9. The minimum atomic E-state index is -0.922. The second kappa shape index (κ2) is 5.67. The predicted molar refractivity (Wildman–Crippen MR) is 71.8 cm³/mol. The van der Waals surface area contributed by atoms with Gasteiger partial charge in [-0.3, -0.25) is 10.1 Å². The summed E-state index contributed by atoms with van der Waals surface area (Å²) in [6, 6.07) is 5.93. The molecule has 6 nitrogen and oxygen atoms in total. The van der Waals surface area contributed by atoms with E-state index in [1.807, 2.05) is 19.9 Å². The van der Waals surface area contributed by atoms with E-state index in [9.17, 15) is 15.2 Å². The number of anilines is 1. The molecule has 0 saturated heterocycles. The lowest BCUT2D eigenvalue weighted by Crippen LogP contribution is -2.38. The van der Waals surface area contributed by atoms with Crippen molar-refractivity contribution in [1.82, 2.24) is 0 Å². The van der Waals surface area contributed by atoms with E-state index in [-0.39, 0.29) is 23.7 Å². The third kappa shape index (κ3) is 3.66. The van der Waals surface area contributed by atoms with Crippen molar-refractivity contribution in [3.63, 3.8) is 0 Å². The molecule has 1 aromatic rings. The number of rotatable bonds is 5. The normalized spacial score (nSPS) is 13.7. The summed E-state index contributed by atoms with van der Waals surface area (Å²) >= 11 is 0. The first-order valence-corrected chi connectivity index (χ1v) is 5.92. The molecule has 1 rings (SSSR count). The van der Waals surface area contributed by atoms with Gasteiger partial charge in [0.05, 0.1) is 21.8 Å². The van der Waals surface area contributed by atoms with Crippen LogP contribution in [0, 0.1) is 27.4 Å². The van der Waals surface area contributed by atoms with Crippen molar-refractivity contribution < 1.29 is 10.0 Å². The van der Waals surface area contributed by atoms with Gasteiger partial charge in [-0.15, -0.1) is 0 Å². The van der Waals surface area contributed by atoms with E-state index in [1.54, 1.807) is 6.92 Å². The number of hydrogen-bond acceptors (Lipinski definition) is 5. The molecule has 6 heteroatoms. The van der Waals surface area contributed by atoms with Crippen LogP contribution in [0.5, 0.6) is 0 Å². The standard InChI is InChI=1S/C13H17N3O3/c1-9(2)13(3,17)8-15-12-5-4-11(16(18)19)6-10(12)7-14/h4-6,9,15,17H,8H2,1-3H3. The molecule has 102 valence electrons. The Morgan fingerprint density at radius 3 is 2.68 bits per heavy atom. The quantitative estimate of drug-likeness (QED) is 0.627. The monoisotopic (exact) mass is 263 g/mol. The lowest BCUT2D eigenvalue weighted by molar-refractivity contribution is -0.384. The summed E-state index contributed by atoms with van der Waals surface area (Å²) in [6.45, 7) is 5.74. The molecule has 1 unspecified atom stereocenters. The van der Waals surface area contributed by atoms with Gasteiger partial charge in [-0.25, -0.2) is 0 Å². The molecule has 0 aromatic heterocycles. The van der Waals surface area contributed by atoms with Gasteiger partial charge in [0.2, 0.25) is 0 Å². The largest absolute Gasteiger partial charge is 0.388 e. The van der Waals surface area contributed by atoms with Crippen LogP contribution in [-0.2, 0) is 0 Å². The number of nitro groups is 1. The third-order valence-electron chi connectivity index (χ3n) is 3.21. The average Bonchev–Trinajstić information content (AvgIpc) is 2.35.